The third kappa shape index (κ3) is 4.46. The lowest BCUT2D eigenvalue weighted by molar-refractivity contribution is -0.126. The fraction of sp³-hybridized carbons (Fsp3) is 0.462. The minimum absolute atomic E-state index is 0.0419. The Morgan fingerprint density at radius 1 is 1.18 bits per heavy atom. The molecule has 0 unspecified atom stereocenters. The van der Waals surface area contributed by atoms with E-state index in [0.717, 1.165) is 78.6 Å². The molecule has 2 aliphatic heterocycles. The zero-order valence-corrected chi connectivity index (χ0v) is 20.1. The van der Waals surface area contributed by atoms with E-state index in [9.17, 15) is 4.79 Å². The average molecular weight is 467 g/mol. The van der Waals surface area contributed by atoms with Gasteiger partial charge >= 0.3 is 0 Å². The Kier molecular flexibility index (Phi) is 6.30. The number of aromatic nitrogens is 2. The highest BCUT2D eigenvalue weighted by molar-refractivity contribution is 6.32. The number of piperidine rings is 1. The average Bonchev–Trinajstić information content (AvgIpc) is 3.47. The molecule has 2 aromatic carbocycles. The van der Waals surface area contributed by atoms with Crippen molar-refractivity contribution in [2.75, 3.05) is 31.2 Å². The van der Waals surface area contributed by atoms with Gasteiger partial charge in [-0.05, 0) is 68.0 Å². The van der Waals surface area contributed by atoms with E-state index in [2.05, 4.69) is 52.0 Å². The molecule has 2 aliphatic rings. The molecule has 0 radical (unpaired) electrons. The van der Waals surface area contributed by atoms with E-state index in [1.807, 2.05) is 13.0 Å². The molecule has 2 fully saturated rings. The molecule has 174 valence electrons. The van der Waals surface area contributed by atoms with Crippen LogP contribution in [-0.4, -0.2) is 47.8 Å². The summed E-state index contributed by atoms with van der Waals surface area (Å²) in [5.41, 5.74) is 5.34. The SMILES string of the molecule is CCc1ccc(-n2c(N3CCC(C(=O)N[C@@H]4CCOC4)CC3)nc3cc(C)c(Cl)cc32)cc1. The molecule has 3 aromatic rings. The first-order chi connectivity index (χ1) is 16.0. The molecule has 1 atom stereocenters. The number of ether oxygens (including phenoxy) is 1. The van der Waals surface area contributed by atoms with Crippen LogP contribution in [0.25, 0.3) is 16.7 Å². The fourth-order valence-corrected chi connectivity index (χ4v) is 5.00. The third-order valence-corrected chi connectivity index (χ3v) is 7.35. The van der Waals surface area contributed by atoms with Crippen LogP contribution in [0.3, 0.4) is 0 Å². The van der Waals surface area contributed by atoms with Crippen LogP contribution in [0.15, 0.2) is 36.4 Å². The zero-order valence-electron chi connectivity index (χ0n) is 19.3. The van der Waals surface area contributed by atoms with Gasteiger partial charge < -0.3 is 15.0 Å². The summed E-state index contributed by atoms with van der Waals surface area (Å²) >= 11 is 6.51. The summed E-state index contributed by atoms with van der Waals surface area (Å²) < 4.78 is 7.60. The number of carbonyl (C=O) groups is 1. The van der Waals surface area contributed by atoms with Crippen molar-refractivity contribution in [3.8, 4) is 5.69 Å². The summed E-state index contributed by atoms with van der Waals surface area (Å²) in [7, 11) is 0. The van der Waals surface area contributed by atoms with E-state index in [1.165, 1.54) is 5.56 Å². The topological polar surface area (TPSA) is 59.4 Å². The van der Waals surface area contributed by atoms with E-state index in [-0.39, 0.29) is 17.9 Å². The molecule has 0 saturated carbocycles. The van der Waals surface area contributed by atoms with Crippen LogP contribution in [0.5, 0.6) is 0 Å². The van der Waals surface area contributed by atoms with Gasteiger partial charge in [0.25, 0.3) is 0 Å². The molecule has 5 rings (SSSR count). The second-order valence-corrected chi connectivity index (χ2v) is 9.59. The van der Waals surface area contributed by atoms with Crippen LogP contribution in [0.4, 0.5) is 5.95 Å². The minimum atomic E-state index is 0.0419. The number of fused-ring (bicyclic) bond motifs is 1. The molecule has 7 heteroatoms. The van der Waals surface area contributed by atoms with E-state index in [0.29, 0.717) is 6.61 Å². The summed E-state index contributed by atoms with van der Waals surface area (Å²) in [6.45, 7) is 7.13. The lowest BCUT2D eigenvalue weighted by Gasteiger charge is -2.32. The van der Waals surface area contributed by atoms with Crippen molar-refractivity contribution < 1.29 is 9.53 Å². The summed E-state index contributed by atoms with van der Waals surface area (Å²) in [5.74, 6) is 1.12. The van der Waals surface area contributed by atoms with Crippen molar-refractivity contribution in [1.82, 2.24) is 14.9 Å². The third-order valence-electron chi connectivity index (χ3n) is 6.94. The van der Waals surface area contributed by atoms with Crippen molar-refractivity contribution in [3.05, 3.63) is 52.5 Å². The molecule has 2 saturated heterocycles. The second kappa shape index (κ2) is 9.35. The molecule has 6 nitrogen and oxygen atoms in total. The van der Waals surface area contributed by atoms with Crippen LogP contribution in [0, 0.1) is 12.8 Å². The van der Waals surface area contributed by atoms with Gasteiger partial charge in [-0.3, -0.25) is 9.36 Å². The van der Waals surface area contributed by atoms with Crippen LogP contribution >= 0.6 is 11.6 Å². The normalized spacial score (nSPS) is 19.4. The quantitative estimate of drug-likeness (QED) is 0.593. The fourth-order valence-electron chi connectivity index (χ4n) is 4.85. The van der Waals surface area contributed by atoms with Gasteiger partial charge in [-0.1, -0.05) is 30.7 Å². The highest BCUT2D eigenvalue weighted by atomic mass is 35.5. The number of anilines is 1. The van der Waals surface area contributed by atoms with Crippen LogP contribution in [0.1, 0.15) is 37.3 Å². The van der Waals surface area contributed by atoms with Gasteiger partial charge in [0.15, 0.2) is 0 Å². The van der Waals surface area contributed by atoms with Gasteiger partial charge in [-0.25, -0.2) is 4.98 Å². The van der Waals surface area contributed by atoms with Gasteiger partial charge in [0, 0.05) is 36.3 Å². The monoisotopic (exact) mass is 466 g/mol. The molecule has 1 aromatic heterocycles. The standard InChI is InChI=1S/C26H31ClN4O2/c1-3-18-4-6-21(7-5-18)31-24-15-22(27)17(2)14-23(24)29-26(31)30-11-8-19(9-12-30)25(32)28-20-10-13-33-16-20/h4-7,14-15,19-20H,3,8-13,16H2,1-2H3,(H,28,32)/t20-/m1/s1. The van der Waals surface area contributed by atoms with Crippen molar-refractivity contribution in [2.24, 2.45) is 5.92 Å². The first-order valence-electron chi connectivity index (χ1n) is 11.9. The van der Waals surface area contributed by atoms with E-state index >= 15 is 0 Å². The Morgan fingerprint density at radius 2 is 1.94 bits per heavy atom. The Balaban J connectivity index is 1.42. The van der Waals surface area contributed by atoms with Crippen molar-refractivity contribution in [1.29, 1.82) is 0 Å². The van der Waals surface area contributed by atoms with Crippen molar-refractivity contribution in [2.45, 2.75) is 45.6 Å². The number of amides is 1. The number of rotatable bonds is 5. The first-order valence-corrected chi connectivity index (χ1v) is 12.3. The molecular weight excluding hydrogens is 436 g/mol. The molecule has 0 bridgehead atoms. The predicted molar refractivity (Wildman–Crippen MR) is 132 cm³/mol. The van der Waals surface area contributed by atoms with E-state index < -0.39 is 0 Å². The Morgan fingerprint density at radius 3 is 2.61 bits per heavy atom. The summed E-state index contributed by atoms with van der Waals surface area (Å²) in [6, 6.07) is 12.9. The lowest BCUT2D eigenvalue weighted by Crippen LogP contribution is -2.44. The predicted octanol–water partition coefficient (Wildman–Crippen LogP) is 4.67. The summed E-state index contributed by atoms with van der Waals surface area (Å²) in [4.78, 5) is 20.1. The number of aryl methyl sites for hydroxylation is 2. The van der Waals surface area contributed by atoms with Crippen LogP contribution < -0.4 is 10.2 Å². The largest absolute Gasteiger partial charge is 0.379 e. The van der Waals surface area contributed by atoms with Crippen LogP contribution in [0.2, 0.25) is 5.02 Å². The number of imidazole rings is 1. The Hall–Kier alpha value is -2.57. The van der Waals surface area contributed by atoms with Gasteiger partial charge in [0.2, 0.25) is 11.9 Å². The number of nitrogens with zero attached hydrogens (tertiary/aromatic N) is 3. The number of hydrogen-bond donors (Lipinski definition) is 1. The highest BCUT2D eigenvalue weighted by Crippen LogP contribution is 2.33. The van der Waals surface area contributed by atoms with Gasteiger partial charge in [-0.2, -0.15) is 0 Å². The molecular formula is C26H31ClN4O2. The molecule has 0 aliphatic carbocycles. The molecule has 3 heterocycles. The van der Waals surface area contributed by atoms with E-state index in [4.69, 9.17) is 21.3 Å². The second-order valence-electron chi connectivity index (χ2n) is 9.19. The number of halogens is 1. The Bertz CT molecular complexity index is 1140. The summed E-state index contributed by atoms with van der Waals surface area (Å²) in [5, 5.41) is 3.91. The lowest BCUT2D eigenvalue weighted by atomic mass is 9.95. The first kappa shape index (κ1) is 22.2. The van der Waals surface area contributed by atoms with Gasteiger partial charge in [0.05, 0.1) is 23.7 Å². The smallest absolute Gasteiger partial charge is 0.223 e. The number of carbonyl (C=O) groups excluding carboxylic acids is 1. The maximum atomic E-state index is 12.7. The van der Waals surface area contributed by atoms with Crippen molar-refractivity contribution in [3.63, 3.8) is 0 Å². The number of benzene rings is 2. The van der Waals surface area contributed by atoms with Crippen LogP contribution in [-0.2, 0) is 16.0 Å². The minimum Gasteiger partial charge on any atom is -0.379 e. The molecule has 0 spiro atoms. The highest BCUT2D eigenvalue weighted by Gasteiger charge is 2.30. The maximum absolute atomic E-state index is 12.7. The van der Waals surface area contributed by atoms with Gasteiger partial charge in [0.1, 0.15) is 0 Å². The zero-order chi connectivity index (χ0) is 22.9. The van der Waals surface area contributed by atoms with Crippen molar-refractivity contribution >= 4 is 34.5 Å². The summed E-state index contributed by atoms with van der Waals surface area (Å²) in [6.07, 6.45) is 3.55. The molecule has 1 N–H and O–H groups in total. The maximum Gasteiger partial charge on any atom is 0.223 e. The molecule has 33 heavy (non-hydrogen) atoms. The Labute approximate surface area is 199 Å². The van der Waals surface area contributed by atoms with Gasteiger partial charge in [-0.15, -0.1) is 0 Å². The number of hydrogen-bond acceptors (Lipinski definition) is 4. The molecule has 1 amide bonds. The van der Waals surface area contributed by atoms with E-state index in [1.54, 1.807) is 0 Å². The number of nitrogens with one attached hydrogen (secondary N) is 1.